The number of halogens is 2. The minimum Gasteiger partial charge on any atom is -0.390 e. The molecule has 0 atom stereocenters. The van der Waals surface area contributed by atoms with Gasteiger partial charge in [0.1, 0.15) is 11.6 Å². The number of aliphatic hydroxyl groups excluding tert-OH is 1. The molecule has 0 radical (unpaired) electrons. The van der Waals surface area contributed by atoms with Crippen molar-refractivity contribution in [2.45, 2.75) is 30.5 Å². The lowest BCUT2D eigenvalue weighted by atomic mass is 10.2. The van der Waals surface area contributed by atoms with Gasteiger partial charge in [0.2, 0.25) is 0 Å². The summed E-state index contributed by atoms with van der Waals surface area (Å²) in [6, 6.07) is 5.40. The fourth-order valence-electron chi connectivity index (χ4n) is 1.88. The Kier molecular flexibility index (Phi) is 5.31. The van der Waals surface area contributed by atoms with E-state index in [2.05, 4.69) is 4.98 Å². The van der Waals surface area contributed by atoms with Crippen LogP contribution in [-0.4, -0.2) is 14.7 Å². The van der Waals surface area contributed by atoms with Gasteiger partial charge >= 0.3 is 0 Å². The van der Waals surface area contributed by atoms with E-state index in [4.69, 9.17) is 5.26 Å². The Bertz CT molecular complexity index is 646. The van der Waals surface area contributed by atoms with Crippen LogP contribution < -0.4 is 0 Å². The SMILES string of the molecule is N#CCCn1c(CO)cnc1SCc1cc(F)cc(F)c1. The van der Waals surface area contributed by atoms with Gasteiger partial charge in [-0.25, -0.2) is 13.8 Å². The van der Waals surface area contributed by atoms with Crippen molar-refractivity contribution >= 4 is 11.8 Å². The summed E-state index contributed by atoms with van der Waals surface area (Å²) < 4.78 is 28.0. The van der Waals surface area contributed by atoms with Gasteiger partial charge in [-0.15, -0.1) is 0 Å². The van der Waals surface area contributed by atoms with Crippen LogP contribution in [0.25, 0.3) is 0 Å². The summed E-state index contributed by atoms with van der Waals surface area (Å²) in [4.78, 5) is 4.17. The molecule has 1 N–H and O–H groups in total. The topological polar surface area (TPSA) is 61.8 Å². The van der Waals surface area contributed by atoms with Gasteiger partial charge in [-0.05, 0) is 17.7 Å². The lowest BCUT2D eigenvalue weighted by Gasteiger charge is -2.08. The van der Waals surface area contributed by atoms with E-state index in [9.17, 15) is 13.9 Å². The molecule has 21 heavy (non-hydrogen) atoms. The highest BCUT2D eigenvalue weighted by Gasteiger charge is 2.10. The number of hydrogen-bond donors (Lipinski definition) is 1. The van der Waals surface area contributed by atoms with E-state index in [-0.39, 0.29) is 6.61 Å². The molecule has 0 fully saturated rings. The number of thioether (sulfide) groups is 1. The molecule has 0 bridgehead atoms. The third kappa shape index (κ3) is 4.03. The highest BCUT2D eigenvalue weighted by Crippen LogP contribution is 2.24. The maximum atomic E-state index is 13.1. The average Bonchev–Trinajstić information content (AvgIpc) is 2.84. The zero-order valence-corrected chi connectivity index (χ0v) is 11.9. The number of aliphatic hydroxyl groups is 1. The summed E-state index contributed by atoms with van der Waals surface area (Å²) in [6.45, 7) is 0.250. The minimum absolute atomic E-state index is 0.173. The molecule has 0 amide bonds. The van der Waals surface area contributed by atoms with E-state index in [1.165, 1.54) is 30.1 Å². The van der Waals surface area contributed by atoms with Crippen molar-refractivity contribution in [2.24, 2.45) is 0 Å². The second-order valence-corrected chi connectivity index (χ2v) is 5.26. The lowest BCUT2D eigenvalue weighted by molar-refractivity contribution is 0.269. The maximum Gasteiger partial charge on any atom is 0.168 e. The fourth-order valence-corrected chi connectivity index (χ4v) is 2.83. The molecule has 2 aromatic rings. The quantitative estimate of drug-likeness (QED) is 0.834. The number of nitrogens with zero attached hydrogens (tertiary/aromatic N) is 3. The molecule has 7 heteroatoms. The predicted octanol–water partition coefficient (Wildman–Crippen LogP) is 2.86. The van der Waals surface area contributed by atoms with Crippen LogP contribution in [-0.2, 0) is 18.9 Å². The molecule has 2 rings (SSSR count). The van der Waals surface area contributed by atoms with E-state index in [0.29, 0.717) is 35.1 Å². The zero-order valence-electron chi connectivity index (χ0n) is 11.1. The molecule has 1 aromatic carbocycles. The highest BCUT2D eigenvalue weighted by atomic mass is 32.2. The van der Waals surface area contributed by atoms with Crippen molar-refractivity contribution in [3.05, 3.63) is 47.3 Å². The Balaban J connectivity index is 2.12. The molecule has 1 aromatic heterocycles. The van der Waals surface area contributed by atoms with Crippen LogP contribution in [0.4, 0.5) is 8.78 Å². The van der Waals surface area contributed by atoms with Crippen molar-refractivity contribution in [1.29, 1.82) is 5.26 Å². The van der Waals surface area contributed by atoms with Crippen LogP contribution in [0.1, 0.15) is 17.7 Å². The Labute approximate surface area is 125 Å². The largest absolute Gasteiger partial charge is 0.390 e. The molecule has 0 aliphatic carbocycles. The van der Waals surface area contributed by atoms with Gasteiger partial charge in [-0.1, -0.05) is 11.8 Å². The van der Waals surface area contributed by atoms with E-state index in [1.54, 1.807) is 4.57 Å². The Morgan fingerprint density at radius 2 is 2.00 bits per heavy atom. The zero-order chi connectivity index (χ0) is 15.2. The first-order chi connectivity index (χ1) is 10.1. The average molecular weight is 309 g/mol. The second-order valence-electron chi connectivity index (χ2n) is 4.32. The fraction of sp³-hybridized carbons (Fsp3) is 0.286. The first kappa shape index (κ1) is 15.5. The van der Waals surface area contributed by atoms with E-state index < -0.39 is 11.6 Å². The number of hydrogen-bond acceptors (Lipinski definition) is 4. The second kappa shape index (κ2) is 7.20. The number of rotatable bonds is 6. The van der Waals surface area contributed by atoms with Crippen molar-refractivity contribution in [3.63, 3.8) is 0 Å². The van der Waals surface area contributed by atoms with Gasteiger partial charge in [0.25, 0.3) is 0 Å². The van der Waals surface area contributed by atoms with Gasteiger partial charge in [0.15, 0.2) is 5.16 Å². The van der Waals surface area contributed by atoms with Crippen LogP contribution in [0.3, 0.4) is 0 Å². The molecular weight excluding hydrogens is 296 g/mol. The van der Waals surface area contributed by atoms with Crippen molar-refractivity contribution < 1.29 is 13.9 Å². The van der Waals surface area contributed by atoms with Crippen molar-refractivity contribution in [2.75, 3.05) is 0 Å². The summed E-state index contributed by atoms with van der Waals surface area (Å²) >= 11 is 1.30. The lowest BCUT2D eigenvalue weighted by Crippen LogP contribution is -2.04. The smallest absolute Gasteiger partial charge is 0.168 e. The standard InChI is InChI=1S/C14H13F2N3OS/c15-11-4-10(5-12(16)6-11)9-21-14-18-7-13(8-20)19(14)3-1-2-17/h4-7,20H,1,3,8-9H2. The summed E-state index contributed by atoms with van der Waals surface area (Å²) in [5.74, 6) is -0.882. The van der Waals surface area contributed by atoms with E-state index in [0.717, 1.165) is 6.07 Å². The summed E-state index contributed by atoms with van der Waals surface area (Å²) in [5, 5.41) is 18.5. The van der Waals surface area contributed by atoms with Crippen molar-refractivity contribution in [3.8, 4) is 6.07 Å². The van der Waals surface area contributed by atoms with E-state index >= 15 is 0 Å². The van der Waals surface area contributed by atoms with Gasteiger partial charge in [-0.2, -0.15) is 5.26 Å². The highest BCUT2D eigenvalue weighted by molar-refractivity contribution is 7.98. The van der Waals surface area contributed by atoms with Crippen molar-refractivity contribution in [1.82, 2.24) is 9.55 Å². The van der Waals surface area contributed by atoms with Crippen LogP contribution in [0.15, 0.2) is 29.6 Å². The first-order valence-electron chi connectivity index (χ1n) is 6.24. The third-order valence-corrected chi connectivity index (χ3v) is 3.86. The molecule has 0 aliphatic rings. The van der Waals surface area contributed by atoms with Crippen LogP contribution >= 0.6 is 11.8 Å². The predicted molar refractivity (Wildman–Crippen MR) is 74.3 cm³/mol. The molecule has 0 aliphatic heterocycles. The molecule has 1 heterocycles. The van der Waals surface area contributed by atoms with Gasteiger partial charge in [0.05, 0.1) is 31.0 Å². The minimum atomic E-state index is -0.616. The van der Waals surface area contributed by atoms with Crippen LogP contribution in [0, 0.1) is 23.0 Å². The maximum absolute atomic E-state index is 13.1. The summed E-state index contributed by atoms with van der Waals surface area (Å²) in [7, 11) is 0. The normalized spacial score (nSPS) is 10.6. The summed E-state index contributed by atoms with van der Waals surface area (Å²) in [5.41, 5.74) is 1.12. The first-order valence-corrected chi connectivity index (χ1v) is 7.22. The molecule has 0 saturated carbocycles. The third-order valence-electron chi connectivity index (χ3n) is 2.80. The van der Waals surface area contributed by atoms with Gasteiger partial charge in [0, 0.05) is 18.4 Å². The van der Waals surface area contributed by atoms with Gasteiger partial charge < -0.3 is 9.67 Å². The van der Waals surface area contributed by atoms with Gasteiger partial charge in [-0.3, -0.25) is 0 Å². The molecule has 0 saturated heterocycles. The summed E-state index contributed by atoms with van der Waals surface area (Å²) in [6.07, 6.45) is 1.83. The molecule has 4 nitrogen and oxygen atoms in total. The number of benzene rings is 1. The molecule has 0 unspecified atom stereocenters. The molecule has 110 valence electrons. The molecule has 0 spiro atoms. The molecular formula is C14H13F2N3OS. The number of nitriles is 1. The Morgan fingerprint density at radius 3 is 2.62 bits per heavy atom. The number of imidazole rings is 1. The Hall–Kier alpha value is -1.91. The monoisotopic (exact) mass is 309 g/mol. The van der Waals surface area contributed by atoms with E-state index in [1.807, 2.05) is 6.07 Å². The number of aromatic nitrogens is 2. The van der Waals surface area contributed by atoms with Crippen LogP contribution in [0.2, 0.25) is 0 Å². The Morgan fingerprint density at radius 1 is 1.29 bits per heavy atom. The van der Waals surface area contributed by atoms with Crippen LogP contribution in [0.5, 0.6) is 0 Å².